The fourth-order valence-electron chi connectivity index (χ4n) is 10.3. The fraction of sp³-hybridized carbons (Fsp3) is 0. The molecule has 0 saturated heterocycles. The first-order valence-electron chi connectivity index (χ1n) is 23.6. The zero-order valence-corrected chi connectivity index (χ0v) is 37.7. The first-order valence-corrected chi connectivity index (χ1v) is 23.6. The standard InChI is InChI=1S/C66H44N2O/c1-2-13-45(14-3-1)46-25-27-47(28-26-46)50-33-39-53(40-34-50)67(61-20-8-6-17-58(61)59-19-12-24-65-66(59)60-18-7-11-23-64(60)69-65)54-41-35-51(36-42-54)48-29-31-49(32-30-48)52-37-43-55(44-38-52)68-62-21-9-4-15-56(62)57-16-5-10-22-63(57)68/h1-44H. The summed E-state index contributed by atoms with van der Waals surface area (Å²) in [5, 5.41) is 4.77. The van der Waals surface area contributed by atoms with Gasteiger partial charge in [-0.25, -0.2) is 0 Å². The van der Waals surface area contributed by atoms with Crippen LogP contribution in [0.5, 0.6) is 0 Å². The average Bonchev–Trinajstić information content (AvgIpc) is 3.98. The van der Waals surface area contributed by atoms with E-state index in [0.717, 1.165) is 61.4 Å². The zero-order chi connectivity index (χ0) is 45.7. The molecule has 0 atom stereocenters. The number of benzene rings is 11. The number of hydrogen-bond acceptors (Lipinski definition) is 2. The van der Waals surface area contributed by atoms with Crippen LogP contribution < -0.4 is 4.90 Å². The Labute approximate surface area is 401 Å². The smallest absolute Gasteiger partial charge is 0.136 e. The molecule has 0 radical (unpaired) electrons. The van der Waals surface area contributed by atoms with E-state index in [-0.39, 0.29) is 0 Å². The van der Waals surface area contributed by atoms with Crippen molar-refractivity contribution in [2.24, 2.45) is 0 Å². The summed E-state index contributed by atoms with van der Waals surface area (Å²) >= 11 is 0. The summed E-state index contributed by atoms with van der Waals surface area (Å²) in [6.07, 6.45) is 0. The van der Waals surface area contributed by atoms with E-state index < -0.39 is 0 Å². The molecule has 3 heteroatoms. The molecule has 69 heavy (non-hydrogen) atoms. The lowest BCUT2D eigenvalue weighted by atomic mass is 9.96. The van der Waals surface area contributed by atoms with Gasteiger partial charge < -0.3 is 13.9 Å². The molecule has 0 amide bonds. The van der Waals surface area contributed by atoms with E-state index in [2.05, 4.69) is 264 Å². The molecule has 3 nitrogen and oxygen atoms in total. The van der Waals surface area contributed by atoms with Crippen LogP contribution in [0.25, 0.3) is 105 Å². The maximum atomic E-state index is 6.39. The van der Waals surface area contributed by atoms with Crippen molar-refractivity contribution < 1.29 is 4.42 Å². The minimum Gasteiger partial charge on any atom is -0.456 e. The summed E-state index contributed by atoms with van der Waals surface area (Å²) < 4.78 is 8.75. The molecule has 0 N–H and O–H groups in total. The Morgan fingerprint density at radius 1 is 0.275 bits per heavy atom. The van der Waals surface area contributed by atoms with Gasteiger partial charge >= 0.3 is 0 Å². The van der Waals surface area contributed by atoms with Crippen LogP contribution in [0.1, 0.15) is 0 Å². The molecule has 0 unspecified atom stereocenters. The number of hydrogen-bond donors (Lipinski definition) is 0. The third kappa shape index (κ3) is 7.16. The first-order chi connectivity index (χ1) is 34.2. The molecule has 2 heterocycles. The lowest BCUT2D eigenvalue weighted by Crippen LogP contribution is -2.11. The lowest BCUT2D eigenvalue weighted by Gasteiger charge is -2.28. The molecular formula is C66H44N2O. The summed E-state index contributed by atoms with van der Waals surface area (Å²) in [4.78, 5) is 2.38. The Morgan fingerprint density at radius 3 is 1.22 bits per heavy atom. The van der Waals surface area contributed by atoms with Gasteiger partial charge in [-0.1, -0.05) is 200 Å². The Balaban J connectivity index is 0.840. The van der Waals surface area contributed by atoms with Crippen LogP contribution in [0, 0.1) is 0 Å². The predicted octanol–water partition coefficient (Wildman–Crippen LogP) is 18.5. The second-order valence-corrected chi connectivity index (χ2v) is 17.7. The summed E-state index contributed by atoms with van der Waals surface area (Å²) in [6.45, 7) is 0. The quantitative estimate of drug-likeness (QED) is 0.144. The second-order valence-electron chi connectivity index (χ2n) is 17.7. The van der Waals surface area contributed by atoms with Gasteiger partial charge in [0.25, 0.3) is 0 Å². The van der Waals surface area contributed by atoms with Gasteiger partial charge in [-0.05, 0) is 117 Å². The van der Waals surface area contributed by atoms with Crippen molar-refractivity contribution in [3.05, 3.63) is 267 Å². The van der Waals surface area contributed by atoms with Gasteiger partial charge in [0.2, 0.25) is 0 Å². The van der Waals surface area contributed by atoms with Crippen molar-refractivity contribution >= 4 is 60.8 Å². The topological polar surface area (TPSA) is 21.3 Å². The molecule has 0 aliphatic rings. The highest BCUT2D eigenvalue weighted by Crippen LogP contribution is 2.45. The van der Waals surface area contributed by atoms with Gasteiger partial charge in [0, 0.05) is 44.2 Å². The predicted molar refractivity (Wildman–Crippen MR) is 290 cm³/mol. The Bertz CT molecular complexity index is 3910. The van der Waals surface area contributed by atoms with E-state index in [4.69, 9.17) is 4.42 Å². The number of para-hydroxylation sites is 4. The molecule has 13 rings (SSSR count). The highest BCUT2D eigenvalue weighted by molar-refractivity contribution is 6.14. The lowest BCUT2D eigenvalue weighted by molar-refractivity contribution is 0.669. The van der Waals surface area contributed by atoms with Crippen molar-refractivity contribution in [3.63, 3.8) is 0 Å². The van der Waals surface area contributed by atoms with Gasteiger partial charge in [0.15, 0.2) is 0 Å². The highest BCUT2D eigenvalue weighted by atomic mass is 16.3. The van der Waals surface area contributed by atoms with E-state index in [1.807, 2.05) is 12.1 Å². The maximum absolute atomic E-state index is 6.39. The molecule has 0 bridgehead atoms. The van der Waals surface area contributed by atoms with Crippen LogP contribution in [-0.4, -0.2) is 4.57 Å². The number of anilines is 3. The van der Waals surface area contributed by atoms with E-state index in [9.17, 15) is 0 Å². The third-order valence-electron chi connectivity index (χ3n) is 13.7. The third-order valence-corrected chi connectivity index (χ3v) is 13.7. The zero-order valence-electron chi connectivity index (χ0n) is 37.7. The van der Waals surface area contributed by atoms with E-state index in [1.54, 1.807) is 0 Å². The highest BCUT2D eigenvalue weighted by Gasteiger charge is 2.21. The van der Waals surface area contributed by atoms with Crippen molar-refractivity contribution in [3.8, 4) is 61.3 Å². The summed E-state index contributed by atoms with van der Waals surface area (Å²) in [6, 6.07) is 96.0. The van der Waals surface area contributed by atoms with Crippen LogP contribution in [0.3, 0.4) is 0 Å². The number of nitrogens with zero attached hydrogens (tertiary/aromatic N) is 2. The Morgan fingerprint density at radius 2 is 0.667 bits per heavy atom. The molecule has 11 aromatic carbocycles. The van der Waals surface area contributed by atoms with Crippen LogP contribution in [0.4, 0.5) is 17.1 Å². The SMILES string of the molecule is c1ccc(-c2ccc(-c3ccc(N(c4ccc(-c5ccc(-c6ccc(-n7c8ccccc8c8ccccc87)cc6)cc5)cc4)c4ccccc4-c4cccc5oc6ccccc6c45)cc3)cc2)cc1. The van der Waals surface area contributed by atoms with Crippen LogP contribution in [0.2, 0.25) is 0 Å². The van der Waals surface area contributed by atoms with Gasteiger partial charge in [-0.2, -0.15) is 0 Å². The summed E-state index contributed by atoms with van der Waals surface area (Å²) in [5.74, 6) is 0. The monoisotopic (exact) mass is 880 g/mol. The van der Waals surface area contributed by atoms with Gasteiger partial charge in [-0.3, -0.25) is 0 Å². The first kappa shape index (κ1) is 40.1. The summed E-state index contributed by atoms with van der Waals surface area (Å²) in [7, 11) is 0. The van der Waals surface area contributed by atoms with Crippen molar-refractivity contribution in [2.45, 2.75) is 0 Å². The molecule has 2 aromatic heterocycles. The molecular weight excluding hydrogens is 837 g/mol. The number of aromatic nitrogens is 1. The Hall–Kier alpha value is -9.18. The van der Waals surface area contributed by atoms with E-state index >= 15 is 0 Å². The molecule has 0 aliphatic heterocycles. The Kier molecular flexibility index (Phi) is 9.84. The molecule has 324 valence electrons. The largest absolute Gasteiger partial charge is 0.456 e. The minimum absolute atomic E-state index is 0.879. The molecule has 0 aliphatic carbocycles. The van der Waals surface area contributed by atoms with E-state index in [0.29, 0.717) is 0 Å². The molecule has 0 spiro atoms. The number of furan rings is 1. The van der Waals surface area contributed by atoms with Crippen molar-refractivity contribution in [2.75, 3.05) is 4.90 Å². The normalized spacial score (nSPS) is 11.5. The van der Waals surface area contributed by atoms with Gasteiger partial charge in [0.05, 0.1) is 16.7 Å². The minimum atomic E-state index is 0.879. The van der Waals surface area contributed by atoms with Crippen LogP contribution >= 0.6 is 0 Å². The number of rotatable bonds is 9. The molecule has 0 saturated carbocycles. The second kappa shape index (κ2) is 16.9. The average molecular weight is 881 g/mol. The van der Waals surface area contributed by atoms with Crippen LogP contribution in [-0.2, 0) is 0 Å². The maximum Gasteiger partial charge on any atom is 0.136 e. The van der Waals surface area contributed by atoms with E-state index in [1.165, 1.54) is 60.8 Å². The summed E-state index contributed by atoms with van der Waals surface area (Å²) in [5.41, 5.74) is 20.3. The number of fused-ring (bicyclic) bond motifs is 6. The van der Waals surface area contributed by atoms with Crippen molar-refractivity contribution in [1.82, 2.24) is 4.57 Å². The molecule has 13 aromatic rings. The van der Waals surface area contributed by atoms with Gasteiger partial charge in [0.1, 0.15) is 11.2 Å². The van der Waals surface area contributed by atoms with Gasteiger partial charge in [-0.15, -0.1) is 0 Å². The fourth-order valence-corrected chi connectivity index (χ4v) is 10.3. The van der Waals surface area contributed by atoms with Crippen molar-refractivity contribution in [1.29, 1.82) is 0 Å². The van der Waals surface area contributed by atoms with Crippen LogP contribution in [0.15, 0.2) is 271 Å². The molecule has 0 fully saturated rings.